The molecule has 0 radical (unpaired) electrons. The van der Waals surface area contributed by atoms with Crippen LogP contribution in [0.2, 0.25) is 0 Å². The highest BCUT2D eigenvalue weighted by Gasteiger charge is 2.25. The van der Waals surface area contributed by atoms with Crippen LogP contribution in [0.4, 0.5) is 26.0 Å². The third-order valence-electron chi connectivity index (χ3n) is 4.46. The Morgan fingerprint density at radius 2 is 1.90 bits per heavy atom. The molecule has 0 saturated heterocycles. The minimum Gasteiger partial charge on any atom is -0.497 e. The predicted octanol–water partition coefficient (Wildman–Crippen LogP) is 4.35. The van der Waals surface area contributed by atoms with Gasteiger partial charge in [0.15, 0.2) is 0 Å². The average Bonchev–Trinajstić information content (AvgIpc) is 2.99. The Bertz CT molecular complexity index is 1180. The first-order chi connectivity index (χ1) is 14.8. The topological polar surface area (TPSA) is 91.4 Å². The molecule has 1 heterocycles. The number of terminal acetylenes is 1. The van der Waals surface area contributed by atoms with Crippen molar-refractivity contribution in [2.75, 3.05) is 19.0 Å². The van der Waals surface area contributed by atoms with Crippen molar-refractivity contribution in [3.8, 4) is 35.0 Å². The van der Waals surface area contributed by atoms with Gasteiger partial charge in [0.05, 0.1) is 34.9 Å². The molecule has 0 aliphatic heterocycles. The van der Waals surface area contributed by atoms with Gasteiger partial charge in [-0.3, -0.25) is 14.8 Å². The first-order valence-corrected chi connectivity index (χ1v) is 8.95. The normalized spacial score (nSPS) is 10.5. The zero-order valence-corrected chi connectivity index (χ0v) is 16.9. The van der Waals surface area contributed by atoms with Crippen LogP contribution in [0, 0.1) is 41.0 Å². The van der Waals surface area contributed by atoms with Crippen LogP contribution < -0.4 is 14.8 Å². The van der Waals surface area contributed by atoms with E-state index >= 15 is 0 Å². The fourth-order valence-electron chi connectivity index (χ4n) is 3.12. The van der Waals surface area contributed by atoms with Crippen LogP contribution in [0.25, 0.3) is 11.1 Å². The van der Waals surface area contributed by atoms with Crippen LogP contribution in [0.15, 0.2) is 30.3 Å². The van der Waals surface area contributed by atoms with E-state index in [2.05, 4.69) is 16.3 Å². The third kappa shape index (κ3) is 4.25. The maximum Gasteiger partial charge on any atom is 0.296 e. The number of hydrogen-bond acceptors (Lipinski definition) is 6. The standard InChI is InChI=1S/C21H18F2N4O4/c1-5-8-31-13-6-7-17(18(11-13)27(28)29)24-21-19(12(2)25-26(21)3)20-15(22)9-14(30-4)10-16(20)23/h1,6-7,9-11,24H,8H2,2-4H3. The van der Waals surface area contributed by atoms with E-state index in [1.54, 1.807) is 14.0 Å². The number of benzene rings is 2. The van der Waals surface area contributed by atoms with Gasteiger partial charge in [-0.2, -0.15) is 5.10 Å². The molecule has 1 N–H and O–H groups in total. The largest absolute Gasteiger partial charge is 0.497 e. The Hall–Kier alpha value is -4.13. The van der Waals surface area contributed by atoms with Gasteiger partial charge in [-0.1, -0.05) is 5.92 Å². The lowest BCUT2D eigenvalue weighted by Gasteiger charge is -2.13. The number of rotatable bonds is 7. The van der Waals surface area contributed by atoms with E-state index in [4.69, 9.17) is 15.9 Å². The lowest BCUT2D eigenvalue weighted by Crippen LogP contribution is -2.04. The molecule has 8 nitrogen and oxygen atoms in total. The molecular weight excluding hydrogens is 410 g/mol. The van der Waals surface area contributed by atoms with E-state index in [9.17, 15) is 18.9 Å². The zero-order chi connectivity index (χ0) is 22.7. The molecule has 160 valence electrons. The Kier molecular flexibility index (Phi) is 6.06. The summed E-state index contributed by atoms with van der Waals surface area (Å²) in [5, 5.41) is 18.7. The average molecular weight is 428 g/mol. The molecular formula is C21H18F2N4O4. The fraction of sp³-hybridized carbons (Fsp3) is 0.190. The number of halogens is 2. The van der Waals surface area contributed by atoms with Gasteiger partial charge in [0.25, 0.3) is 5.69 Å². The number of aromatic nitrogens is 2. The molecule has 0 atom stereocenters. The molecule has 0 aliphatic rings. The first-order valence-electron chi connectivity index (χ1n) is 8.95. The number of aryl methyl sites for hydroxylation is 2. The number of nitro benzene ring substituents is 1. The van der Waals surface area contributed by atoms with Gasteiger partial charge in [0, 0.05) is 19.2 Å². The molecule has 1 aromatic heterocycles. The molecule has 0 spiro atoms. The highest BCUT2D eigenvalue weighted by atomic mass is 19.1. The number of nitrogens with zero attached hydrogens (tertiary/aromatic N) is 3. The maximum atomic E-state index is 14.7. The lowest BCUT2D eigenvalue weighted by atomic mass is 10.0. The van der Waals surface area contributed by atoms with Gasteiger partial charge >= 0.3 is 0 Å². The van der Waals surface area contributed by atoms with Gasteiger partial charge in [-0.25, -0.2) is 8.78 Å². The second-order valence-electron chi connectivity index (χ2n) is 6.45. The molecule has 0 aliphatic carbocycles. The van der Waals surface area contributed by atoms with E-state index in [1.165, 1.54) is 30.0 Å². The molecule has 10 heteroatoms. The van der Waals surface area contributed by atoms with Crippen molar-refractivity contribution in [1.82, 2.24) is 9.78 Å². The van der Waals surface area contributed by atoms with Gasteiger partial charge < -0.3 is 14.8 Å². The minimum atomic E-state index is -0.858. The van der Waals surface area contributed by atoms with Crippen LogP contribution in [0.1, 0.15) is 5.69 Å². The molecule has 3 aromatic rings. The summed E-state index contributed by atoms with van der Waals surface area (Å²) in [5.41, 5.74) is -0.108. The van der Waals surface area contributed by atoms with E-state index in [0.717, 1.165) is 12.1 Å². The molecule has 0 fully saturated rings. The quantitative estimate of drug-likeness (QED) is 0.342. The number of nitro groups is 1. The second kappa shape index (κ2) is 8.71. The Balaban J connectivity index is 2.11. The first kappa shape index (κ1) is 21.6. The molecule has 0 bridgehead atoms. The van der Waals surface area contributed by atoms with Crippen LogP contribution in [0.3, 0.4) is 0 Å². The van der Waals surface area contributed by atoms with Crippen molar-refractivity contribution in [2.24, 2.45) is 7.05 Å². The molecule has 2 aromatic carbocycles. The van der Waals surface area contributed by atoms with E-state index in [1.807, 2.05) is 0 Å². The number of hydrogen-bond donors (Lipinski definition) is 1. The summed E-state index contributed by atoms with van der Waals surface area (Å²) in [6.45, 7) is 1.53. The van der Waals surface area contributed by atoms with Crippen molar-refractivity contribution in [1.29, 1.82) is 0 Å². The van der Waals surface area contributed by atoms with Crippen molar-refractivity contribution in [3.63, 3.8) is 0 Å². The number of ether oxygens (including phenoxy) is 2. The molecule has 0 unspecified atom stereocenters. The van der Waals surface area contributed by atoms with E-state index in [-0.39, 0.29) is 46.4 Å². The highest BCUT2D eigenvalue weighted by Crippen LogP contribution is 2.39. The van der Waals surface area contributed by atoms with Crippen molar-refractivity contribution in [2.45, 2.75) is 6.92 Å². The SMILES string of the molecule is C#CCOc1ccc(Nc2c(-c3c(F)cc(OC)cc3F)c(C)nn2C)c([N+](=O)[O-])c1. The Morgan fingerprint density at radius 3 is 2.48 bits per heavy atom. The monoisotopic (exact) mass is 428 g/mol. The second-order valence-corrected chi connectivity index (χ2v) is 6.45. The van der Waals surface area contributed by atoms with Crippen molar-refractivity contribution >= 4 is 17.2 Å². The molecule has 3 rings (SSSR count). The van der Waals surface area contributed by atoms with Gasteiger partial charge in [-0.05, 0) is 19.1 Å². The summed E-state index contributed by atoms with van der Waals surface area (Å²) in [6, 6.07) is 6.21. The lowest BCUT2D eigenvalue weighted by molar-refractivity contribution is -0.384. The number of nitrogens with one attached hydrogen (secondary N) is 1. The van der Waals surface area contributed by atoms with Gasteiger partial charge in [0.2, 0.25) is 0 Å². The van der Waals surface area contributed by atoms with Crippen molar-refractivity contribution in [3.05, 3.63) is 57.8 Å². The third-order valence-corrected chi connectivity index (χ3v) is 4.46. The van der Waals surface area contributed by atoms with Crippen LogP contribution in [-0.2, 0) is 7.05 Å². The summed E-state index contributed by atoms with van der Waals surface area (Å²) in [4.78, 5) is 11.0. The molecule has 0 amide bonds. The fourth-order valence-corrected chi connectivity index (χ4v) is 3.12. The smallest absolute Gasteiger partial charge is 0.296 e. The predicted molar refractivity (Wildman–Crippen MR) is 111 cm³/mol. The van der Waals surface area contributed by atoms with Crippen LogP contribution in [0.5, 0.6) is 11.5 Å². The maximum absolute atomic E-state index is 14.7. The van der Waals surface area contributed by atoms with Gasteiger partial charge in [-0.15, -0.1) is 6.42 Å². The summed E-state index contributed by atoms with van der Waals surface area (Å²) in [5.74, 6) is 0.960. The van der Waals surface area contributed by atoms with E-state index in [0.29, 0.717) is 5.69 Å². The molecule has 31 heavy (non-hydrogen) atoms. The number of methoxy groups -OCH3 is 1. The Labute approximate surface area is 176 Å². The van der Waals surface area contributed by atoms with Crippen LogP contribution >= 0.6 is 0 Å². The summed E-state index contributed by atoms with van der Waals surface area (Å²) < 4.78 is 41.0. The van der Waals surface area contributed by atoms with Crippen molar-refractivity contribution < 1.29 is 23.2 Å². The minimum absolute atomic E-state index is 0.0213. The summed E-state index contributed by atoms with van der Waals surface area (Å²) in [6.07, 6.45) is 5.14. The zero-order valence-electron chi connectivity index (χ0n) is 16.9. The van der Waals surface area contributed by atoms with Gasteiger partial charge in [0.1, 0.15) is 41.2 Å². The van der Waals surface area contributed by atoms with Crippen LogP contribution in [-0.4, -0.2) is 28.4 Å². The van der Waals surface area contributed by atoms with E-state index < -0.39 is 16.6 Å². The summed E-state index contributed by atoms with van der Waals surface area (Å²) in [7, 11) is 2.85. The summed E-state index contributed by atoms with van der Waals surface area (Å²) >= 11 is 0. The number of anilines is 2. The highest BCUT2D eigenvalue weighted by molar-refractivity contribution is 5.83. The Morgan fingerprint density at radius 1 is 1.23 bits per heavy atom. The molecule has 0 saturated carbocycles.